The van der Waals surface area contributed by atoms with E-state index in [1.54, 1.807) is 0 Å². The summed E-state index contributed by atoms with van der Waals surface area (Å²) < 4.78 is 0. The number of ketones is 1. The Hall–Kier alpha value is -1.67. The third kappa shape index (κ3) is 2.48. The average Bonchev–Trinajstić information content (AvgIpc) is 2.48. The van der Waals surface area contributed by atoms with E-state index in [9.17, 15) is 4.79 Å². The van der Waals surface area contributed by atoms with Crippen molar-refractivity contribution in [3.63, 3.8) is 0 Å². The lowest BCUT2D eigenvalue weighted by molar-refractivity contribution is -0.124. The van der Waals surface area contributed by atoms with Crippen molar-refractivity contribution in [3.05, 3.63) is 48.0 Å². The second-order valence-electron chi connectivity index (χ2n) is 5.96. The van der Waals surface area contributed by atoms with Crippen LogP contribution in [0.2, 0.25) is 0 Å². The first-order valence-electron chi connectivity index (χ1n) is 7.48. The van der Waals surface area contributed by atoms with Crippen LogP contribution in [0.3, 0.4) is 0 Å². The van der Waals surface area contributed by atoms with Gasteiger partial charge in [0.05, 0.1) is 5.54 Å². The van der Waals surface area contributed by atoms with Crippen LogP contribution in [0, 0.1) is 0 Å². The zero-order valence-corrected chi connectivity index (χ0v) is 11.8. The maximum absolute atomic E-state index is 12.6. The van der Waals surface area contributed by atoms with E-state index in [1.807, 2.05) is 24.3 Å². The molecule has 104 valence electrons. The second-order valence-corrected chi connectivity index (χ2v) is 5.96. The molecule has 0 atom stereocenters. The van der Waals surface area contributed by atoms with Crippen molar-refractivity contribution in [2.24, 2.45) is 5.73 Å². The molecule has 0 unspecified atom stereocenters. The molecule has 1 aliphatic carbocycles. The van der Waals surface area contributed by atoms with Crippen molar-refractivity contribution in [1.29, 1.82) is 0 Å². The number of benzene rings is 2. The first kappa shape index (κ1) is 13.3. The summed E-state index contributed by atoms with van der Waals surface area (Å²) in [4.78, 5) is 12.6. The van der Waals surface area contributed by atoms with Crippen molar-refractivity contribution >= 4 is 16.6 Å². The average molecular weight is 267 g/mol. The number of carbonyl (C=O) groups excluding carboxylic acids is 1. The Morgan fingerprint density at radius 2 is 1.70 bits per heavy atom. The van der Waals surface area contributed by atoms with E-state index in [2.05, 4.69) is 18.2 Å². The summed E-state index contributed by atoms with van der Waals surface area (Å²) in [6.07, 6.45) is 5.51. The highest BCUT2D eigenvalue weighted by atomic mass is 16.1. The smallest absolute Gasteiger partial charge is 0.157 e. The molecule has 0 radical (unpaired) electrons. The quantitative estimate of drug-likeness (QED) is 0.923. The molecule has 1 aliphatic rings. The lowest BCUT2D eigenvalue weighted by Gasteiger charge is -2.32. The van der Waals surface area contributed by atoms with Crippen molar-refractivity contribution in [2.75, 3.05) is 0 Å². The normalized spacial score (nSPS) is 18.1. The van der Waals surface area contributed by atoms with Gasteiger partial charge < -0.3 is 5.73 Å². The fourth-order valence-electron chi connectivity index (χ4n) is 3.26. The highest BCUT2D eigenvalue weighted by molar-refractivity contribution is 5.95. The molecule has 0 bridgehead atoms. The van der Waals surface area contributed by atoms with E-state index in [4.69, 9.17) is 5.73 Å². The van der Waals surface area contributed by atoms with Crippen LogP contribution >= 0.6 is 0 Å². The summed E-state index contributed by atoms with van der Waals surface area (Å²) in [7, 11) is 0. The van der Waals surface area contributed by atoms with Crippen molar-refractivity contribution < 1.29 is 4.79 Å². The van der Waals surface area contributed by atoms with Crippen LogP contribution in [0.1, 0.15) is 37.7 Å². The molecule has 0 aromatic heterocycles. The Labute approximate surface area is 120 Å². The monoisotopic (exact) mass is 267 g/mol. The summed E-state index contributed by atoms with van der Waals surface area (Å²) in [6, 6.07) is 14.4. The lowest BCUT2D eigenvalue weighted by atomic mass is 9.77. The van der Waals surface area contributed by atoms with E-state index >= 15 is 0 Å². The number of Topliss-reactive ketones (excluding diaryl/α,β-unsaturated/α-hetero) is 1. The Morgan fingerprint density at radius 3 is 2.50 bits per heavy atom. The predicted molar refractivity (Wildman–Crippen MR) is 82.7 cm³/mol. The van der Waals surface area contributed by atoms with Gasteiger partial charge >= 0.3 is 0 Å². The topological polar surface area (TPSA) is 43.1 Å². The van der Waals surface area contributed by atoms with Crippen LogP contribution in [0.25, 0.3) is 10.8 Å². The molecule has 0 amide bonds. The Morgan fingerprint density at radius 1 is 1.00 bits per heavy atom. The first-order chi connectivity index (χ1) is 9.69. The molecule has 2 N–H and O–H groups in total. The van der Waals surface area contributed by atoms with Crippen molar-refractivity contribution in [1.82, 2.24) is 0 Å². The van der Waals surface area contributed by atoms with Gasteiger partial charge in [-0.3, -0.25) is 4.79 Å². The SMILES string of the molecule is NC1(C(=O)Cc2cccc3ccccc23)CCCCC1. The molecule has 2 heteroatoms. The van der Waals surface area contributed by atoms with E-state index in [0.717, 1.165) is 31.2 Å². The number of carbonyl (C=O) groups is 1. The van der Waals surface area contributed by atoms with E-state index in [-0.39, 0.29) is 5.78 Å². The molecule has 2 aromatic carbocycles. The second kappa shape index (κ2) is 5.37. The van der Waals surface area contributed by atoms with Gasteiger partial charge in [0.15, 0.2) is 5.78 Å². The van der Waals surface area contributed by atoms with Gasteiger partial charge in [-0.2, -0.15) is 0 Å². The Bertz CT molecular complexity index is 621. The minimum Gasteiger partial charge on any atom is -0.319 e. The zero-order chi connectivity index (χ0) is 14.0. The zero-order valence-electron chi connectivity index (χ0n) is 11.8. The maximum Gasteiger partial charge on any atom is 0.157 e. The fraction of sp³-hybridized carbons (Fsp3) is 0.389. The molecular weight excluding hydrogens is 246 g/mol. The largest absolute Gasteiger partial charge is 0.319 e. The summed E-state index contributed by atoms with van der Waals surface area (Å²) in [5.74, 6) is 0.202. The van der Waals surface area contributed by atoms with Gasteiger partial charge in [-0.25, -0.2) is 0 Å². The molecule has 0 saturated heterocycles. The van der Waals surface area contributed by atoms with E-state index in [1.165, 1.54) is 17.2 Å². The van der Waals surface area contributed by atoms with Gasteiger partial charge in [0.1, 0.15) is 0 Å². The van der Waals surface area contributed by atoms with Crippen molar-refractivity contribution in [3.8, 4) is 0 Å². The molecule has 1 saturated carbocycles. The molecule has 0 heterocycles. The molecule has 0 spiro atoms. The molecule has 2 nitrogen and oxygen atoms in total. The molecular formula is C18H21NO. The third-order valence-corrected chi connectivity index (χ3v) is 4.53. The minimum absolute atomic E-state index is 0.202. The number of fused-ring (bicyclic) bond motifs is 1. The Kier molecular flexibility index (Phi) is 3.58. The highest BCUT2D eigenvalue weighted by Crippen LogP contribution is 2.29. The maximum atomic E-state index is 12.6. The highest BCUT2D eigenvalue weighted by Gasteiger charge is 2.34. The molecule has 2 aromatic rings. The van der Waals surface area contributed by atoms with Crippen LogP contribution in [0.4, 0.5) is 0 Å². The van der Waals surface area contributed by atoms with Gasteiger partial charge in [-0.05, 0) is 29.2 Å². The van der Waals surface area contributed by atoms with E-state index < -0.39 is 5.54 Å². The number of nitrogens with two attached hydrogens (primary N) is 1. The van der Waals surface area contributed by atoms with Crippen LogP contribution < -0.4 is 5.73 Å². The minimum atomic E-state index is -0.588. The summed E-state index contributed by atoms with van der Waals surface area (Å²) in [5, 5.41) is 2.36. The lowest BCUT2D eigenvalue weighted by Crippen LogP contribution is -2.50. The predicted octanol–water partition coefficient (Wildman–Crippen LogP) is 3.61. The van der Waals surface area contributed by atoms with Crippen LogP contribution in [-0.2, 0) is 11.2 Å². The number of hydrogen-bond acceptors (Lipinski definition) is 2. The number of rotatable bonds is 3. The standard InChI is InChI=1S/C18H21NO/c19-18(11-4-1-5-12-18)17(20)13-15-9-6-8-14-7-2-3-10-16(14)15/h2-3,6-10H,1,4-5,11-13,19H2. The van der Waals surface area contributed by atoms with Gasteiger partial charge in [0, 0.05) is 6.42 Å². The molecule has 3 rings (SSSR count). The fourth-order valence-corrected chi connectivity index (χ4v) is 3.26. The summed E-state index contributed by atoms with van der Waals surface area (Å²) >= 11 is 0. The van der Waals surface area contributed by atoms with Crippen LogP contribution in [-0.4, -0.2) is 11.3 Å². The molecule has 20 heavy (non-hydrogen) atoms. The first-order valence-corrected chi connectivity index (χ1v) is 7.48. The van der Waals surface area contributed by atoms with Crippen molar-refractivity contribution in [2.45, 2.75) is 44.1 Å². The number of hydrogen-bond donors (Lipinski definition) is 1. The van der Waals surface area contributed by atoms with Crippen LogP contribution in [0.15, 0.2) is 42.5 Å². The molecule has 0 aliphatic heterocycles. The van der Waals surface area contributed by atoms with Gasteiger partial charge in [0.2, 0.25) is 0 Å². The summed E-state index contributed by atoms with van der Waals surface area (Å²) in [6.45, 7) is 0. The van der Waals surface area contributed by atoms with Crippen LogP contribution in [0.5, 0.6) is 0 Å². The van der Waals surface area contributed by atoms with Gasteiger partial charge in [-0.1, -0.05) is 61.7 Å². The summed E-state index contributed by atoms with van der Waals surface area (Å²) in [5.41, 5.74) is 6.86. The van der Waals surface area contributed by atoms with Gasteiger partial charge in [-0.15, -0.1) is 0 Å². The van der Waals surface area contributed by atoms with E-state index in [0.29, 0.717) is 6.42 Å². The van der Waals surface area contributed by atoms with Gasteiger partial charge in [0.25, 0.3) is 0 Å². The molecule has 1 fully saturated rings. The Balaban J connectivity index is 1.87. The third-order valence-electron chi connectivity index (χ3n) is 4.53.